The van der Waals surface area contributed by atoms with E-state index in [1.165, 1.54) is 5.56 Å². The van der Waals surface area contributed by atoms with E-state index < -0.39 is 0 Å². The molecule has 53 valence electrons. The van der Waals surface area contributed by atoms with Gasteiger partial charge in [0, 0.05) is 0 Å². The average Bonchev–Trinajstić information content (AvgIpc) is 1.88. The van der Waals surface area contributed by atoms with Crippen molar-refractivity contribution in [2.75, 3.05) is 0 Å². The molecular weight excluding hydrogens is 160 g/mol. The molecule has 0 aliphatic heterocycles. The molecule has 1 aromatic rings. The first-order chi connectivity index (χ1) is 4.79. The standard InChI is InChI=1S/C8H9S2/c9-8(10)6-7-4-2-1-3-5-7/h1-5,9-10H,6H2. The van der Waals surface area contributed by atoms with E-state index in [1.807, 2.05) is 18.2 Å². The maximum atomic E-state index is 4.09. The highest BCUT2D eigenvalue weighted by molar-refractivity contribution is 8.03. The average molecular weight is 169 g/mol. The summed E-state index contributed by atoms with van der Waals surface area (Å²) < 4.78 is 0.853. The number of hydrogen-bond acceptors (Lipinski definition) is 2. The van der Waals surface area contributed by atoms with Gasteiger partial charge < -0.3 is 0 Å². The molecule has 0 aromatic heterocycles. The fourth-order valence-corrected chi connectivity index (χ4v) is 1.14. The van der Waals surface area contributed by atoms with E-state index in [2.05, 4.69) is 37.4 Å². The van der Waals surface area contributed by atoms with Gasteiger partial charge in [0.05, 0.1) is 4.58 Å². The number of rotatable bonds is 2. The van der Waals surface area contributed by atoms with E-state index in [0.29, 0.717) is 0 Å². The minimum atomic E-state index is 0.840. The number of thiol groups is 2. The Morgan fingerprint density at radius 2 is 1.70 bits per heavy atom. The second-order valence-electron chi connectivity index (χ2n) is 2.08. The Bertz CT molecular complexity index is 182. The molecule has 0 heterocycles. The molecule has 0 saturated carbocycles. The Balaban J connectivity index is 2.59. The summed E-state index contributed by atoms with van der Waals surface area (Å²) >= 11 is 8.18. The van der Waals surface area contributed by atoms with Crippen LogP contribution >= 0.6 is 25.3 Å². The third-order valence-corrected chi connectivity index (χ3v) is 1.52. The van der Waals surface area contributed by atoms with Crippen molar-refractivity contribution in [2.45, 2.75) is 6.42 Å². The van der Waals surface area contributed by atoms with Crippen molar-refractivity contribution in [3.8, 4) is 0 Å². The summed E-state index contributed by atoms with van der Waals surface area (Å²) in [6.45, 7) is 0. The van der Waals surface area contributed by atoms with Gasteiger partial charge in [-0.3, -0.25) is 0 Å². The summed E-state index contributed by atoms with van der Waals surface area (Å²) in [5, 5.41) is 0. The van der Waals surface area contributed by atoms with Gasteiger partial charge in [0.2, 0.25) is 0 Å². The smallest absolute Gasteiger partial charge is 0.0827 e. The molecule has 2 heteroatoms. The van der Waals surface area contributed by atoms with Gasteiger partial charge in [-0.25, -0.2) is 0 Å². The Hall–Kier alpha value is -0.0800. The summed E-state index contributed by atoms with van der Waals surface area (Å²) in [5.41, 5.74) is 1.25. The van der Waals surface area contributed by atoms with Crippen molar-refractivity contribution in [1.82, 2.24) is 0 Å². The van der Waals surface area contributed by atoms with E-state index in [4.69, 9.17) is 0 Å². The zero-order chi connectivity index (χ0) is 7.40. The fourth-order valence-electron chi connectivity index (χ4n) is 0.778. The lowest BCUT2D eigenvalue weighted by Gasteiger charge is -2.00. The first-order valence-corrected chi connectivity index (χ1v) is 3.96. The molecule has 0 fully saturated rings. The number of benzene rings is 1. The van der Waals surface area contributed by atoms with E-state index in [0.717, 1.165) is 11.0 Å². The van der Waals surface area contributed by atoms with Crippen molar-refractivity contribution in [3.05, 3.63) is 40.5 Å². The van der Waals surface area contributed by atoms with E-state index in [-0.39, 0.29) is 0 Å². The van der Waals surface area contributed by atoms with Gasteiger partial charge in [0.15, 0.2) is 0 Å². The van der Waals surface area contributed by atoms with E-state index in [9.17, 15) is 0 Å². The summed E-state index contributed by atoms with van der Waals surface area (Å²) in [6, 6.07) is 10.2. The third kappa shape index (κ3) is 2.67. The summed E-state index contributed by atoms with van der Waals surface area (Å²) in [4.78, 5) is 0. The molecule has 0 unspecified atom stereocenters. The Morgan fingerprint density at radius 1 is 1.10 bits per heavy atom. The van der Waals surface area contributed by atoms with Gasteiger partial charge in [-0.2, -0.15) is 25.3 Å². The number of hydrogen-bond donors (Lipinski definition) is 2. The van der Waals surface area contributed by atoms with Crippen LogP contribution in [-0.4, -0.2) is 0 Å². The SMILES string of the molecule is S[C](S)Cc1ccccc1. The molecule has 0 amide bonds. The van der Waals surface area contributed by atoms with Crippen LogP contribution in [0, 0.1) is 4.58 Å². The lowest BCUT2D eigenvalue weighted by atomic mass is 10.2. The van der Waals surface area contributed by atoms with Crippen LogP contribution in [0.25, 0.3) is 0 Å². The van der Waals surface area contributed by atoms with E-state index >= 15 is 0 Å². The molecule has 1 radical (unpaired) electrons. The van der Waals surface area contributed by atoms with Gasteiger partial charge in [-0.15, -0.1) is 0 Å². The van der Waals surface area contributed by atoms with Crippen molar-refractivity contribution >= 4 is 25.3 Å². The molecule has 1 aromatic carbocycles. The van der Waals surface area contributed by atoms with Crippen LogP contribution in [-0.2, 0) is 6.42 Å². The molecular formula is C8H9S2. The molecule has 0 aliphatic carbocycles. The molecule has 0 spiro atoms. The van der Waals surface area contributed by atoms with Gasteiger partial charge in [0.1, 0.15) is 0 Å². The third-order valence-electron chi connectivity index (χ3n) is 1.21. The zero-order valence-electron chi connectivity index (χ0n) is 5.49. The Kier molecular flexibility index (Phi) is 3.16. The van der Waals surface area contributed by atoms with Crippen LogP contribution in [0.5, 0.6) is 0 Å². The highest BCUT2D eigenvalue weighted by Gasteiger charge is 1.96. The summed E-state index contributed by atoms with van der Waals surface area (Å²) in [5.74, 6) is 0. The van der Waals surface area contributed by atoms with Crippen molar-refractivity contribution in [1.29, 1.82) is 0 Å². The van der Waals surface area contributed by atoms with E-state index in [1.54, 1.807) is 0 Å². The van der Waals surface area contributed by atoms with Gasteiger partial charge in [-0.1, -0.05) is 30.3 Å². The summed E-state index contributed by atoms with van der Waals surface area (Å²) in [7, 11) is 0. The monoisotopic (exact) mass is 169 g/mol. The lowest BCUT2D eigenvalue weighted by molar-refractivity contribution is 1.23. The molecule has 0 nitrogen and oxygen atoms in total. The normalized spacial score (nSPS) is 10.3. The van der Waals surface area contributed by atoms with Crippen molar-refractivity contribution in [3.63, 3.8) is 0 Å². The molecule has 1 rings (SSSR count). The van der Waals surface area contributed by atoms with Crippen LogP contribution in [0.4, 0.5) is 0 Å². The zero-order valence-corrected chi connectivity index (χ0v) is 7.28. The lowest BCUT2D eigenvalue weighted by Crippen LogP contribution is -1.85. The Morgan fingerprint density at radius 3 is 2.20 bits per heavy atom. The first kappa shape index (κ1) is 8.02. The summed E-state index contributed by atoms with van der Waals surface area (Å²) in [6.07, 6.45) is 0.840. The van der Waals surface area contributed by atoms with Crippen LogP contribution in [0.3, 0.4) is 0 Å². The highest BCUT2D eigenvalue weighted by atomic mass is 32.2. The van der Waals surface area contributed by atoms with Crippen molar-refractivity contribution < 1.29 is 0 Å². The van der Waals surface area contributed by atoms with Crippen LogP contribution in [0.2, 0.25) is 0 Å². The van der Waals surface area contributed by atoms with Crippen molar-refractivity contribution in [2.24, 2.45) is 0 Å². The molecule has 10 heavy (non-hydrogen) atoms. The van der Waals surface area contributed by atoms with Gasteiger partial charge >= 0.3 is 0 Å². The Labute approximate surface area is 72.5 Å². The minimum Gasteiger partial charge on any atom is -0.159 e. The largest absolute Gasteiger partial charge is 0.159 e. The highest BCUT2D eigenvalue weighted by Crippen LogP contribution is 2.16. The quantitative estimate of drug-likeness (QED) is 0.625. The second kappa shape index (κ2) is 3.94. The first-order valence-electron chi connectivity index (χ1n) is 3.07. The second-order valence-corrected chi connectivity index (χ2v) is 3.51. The molecule has 0 N–H and O–H groups in total. The topological polar surface area (TPSA) is 0 Å². The molecule has 0 aliphatic rings. The fraction of sp³-hybridized carbons (Fsp3) is 0.125. The van der Waals surface area contributed by atoms with Gasteiger partial charge in [-0.05, 0) is 12.0 Å². The van der Waals surface area contributed by atoms with Crippen LogP contribution in [0.1, 0.15) is 5.56 Å². The van der Waals surface area contributed by atoms with Crippen LogP contribution < -0.4 is 0 Å². The van der Waals surface area contributed by atoms with Gasteiger partial charge in [0.25, 0.3) is 0 Å². The maximum absolute atomic E-state index is 4.09. The molecule has 0 atom stereocenters. The molecule has 0 bridgehead atoms. The van der Waals surface area contributed by atoms with Crippen LogP contribution in [0.15, 0.2) is 30.3 Å². The molecule has 0 saturated heterocycles. The predicted octanol–water partition coefficient (Wildman–Crippen LogP) is 2.58. The minimum absolute atomic E-state index is 0.840. The predicted molar refractivity (Wildman–Crippen MR) is 51.4 cm³/mol. The maximum Gasteiger partial charge on any atom is 0.0827 e.